The third kappa shape index (κ3) is 5.98. The Balaban J connectivity index is 1.78. The first kappa shape index (κ1) is 24.9. The van der Waals surface area contributed by atoms with Crippen molar-refractivity contribution >= 4 is 29.3 Å². The number of hydrogen-bond donors (Lipinski definition) is 1. The van der Waals surface area contributed by atoms with Gasteiger partial charge in [-0.1, -0.05) is 41.4 Å². The van der Waals surface area contributed by atoms with Crippen molar-refractivity contribution in [1.29, 1.82) is 5.26 Å². The van der Waals surface area contributed by atoms with Crippen LogP contribution in [0.1, 0.15) is 33.4 Å². The van der Waals surface area contributed by atoms with Gasteiger partial charge in [0.1, 0.15) is 18.2 Å². The van der Waals surface area contributed by atoms with Crippen LogP contribution in [0.5, 0.6) is 11.5 Å². The van der Waals surface area contributed by atoms with Crippen molar-refractivity contribution < 1.29 is 14.3 Å². The molecule has 0 aromatic heterocycles. The maximum Gasteiger partial charge on any atom is 0.266 e. The van der Waals surface area contributed by atoms with Crippen LogP contribution in [-0.2, 0) is 11.4 Å². The number of hydrogen-bond acceptors (Lipinski definition) is 4. The van der Waals surface area contributed by atoms with E-state index in [0.717, 1.165) is 11.1 Å². The first-order chi connectivity index (χ1) is 16.2. The summed E-state index contributed by atoms with van der Waals surface area (Å²) in [6.07, 6.45) is 1.51. The first-order valence-electron chi connectivity index (χ1n) is 10.8. The standard InChI is InChI=1S/C28H27ClN2O3/c1-17-10-19(3)24(20(4)11-17)16-34-26-9-7-21(13-27(26)33-5)12-22(15-30)28(32)31-23-8-6-18(2)25(29)14-23/h6-14H,16H2,1-5H3,(H,31,32)/b22-12+. The molecule has 3 aromatic rings. The van der Waals surface area contributed by atoms with E-state index < -0.39 is 5.91 Å². The molecule has 0 unspecified atom stereocenters. The van der Waals surface area contributed by atoms with Crippen molar-refractivity contribution in [2.24, 2.45) is 0 Å². The molecule has 5 nitrogen and oxygen atoms in total. The maximum atomic E-state index is 12.6. The second-order valence-electron chi connectivity index (χ2n) is 8.16. The second-order valence-corrected chi connectivity index (χ2v) is 8.57. The van der Waals surface area contributed by atoms with Gasteiger partial charge in [0.2, 0.25) is 0 Å². The number of methoxy groups -OCH3 is 1. The molecule has 0 saturated carbocycles. The molecular weight excluding hydrogens is 448 g/mol. The molecule has 0 aliphatic rings. The SMILES string of the molecule is COc1cc(/C=C(\C#N)C(=O)Nc2ccc(C)c(Cl)c2)ccc1OCc1c(C)cc(C)cc1C. The average molecular weight is 475 g/mol. The quantitative estimate of drug-likeness (QED) is 0.305. The molecular formula is C28H27ClN2O3. The van der Waals surface area contributed by atoms with Crippen LogP contribution in [0.3, 0.4) is 0 Å². The van der Waals surface area contributed by atoms with Crippen molar-refractivity contribution in [3.8, 4) is 17.6 Å². The Morgan fingerprint density at radius 1 is 1.00 bits per heavy atom. The minimum atomic E-state index is -0.521. The molecule has 1 amide bonds. The van der Waals surface area contributed by atoms with E-state index in [2.05, 4.69) is 38.2 Å². The number of carbonyl (C=O) groups excluding carboxylic acids is 1. The van der Waals surface area contributed by atoms with Gasteiger partial charge in [-0.3, -0.25) is 4.79 Å². The van der Waals surface area contributed by atoms with Crippen molar-refractivity contribution in [2.75, 3.05) is 12.4 Å². The highest BCUT2D eigenvalue weighted by Crippen LogP contribution is 2.31. The van der Waals surface area contributed by atoms with E-state index in [9.17, 15) is 10.1 Å². The molecule has 0 spiro atoms. The number of nitrogens with one attached hydrogen (secondary N) is 1. The number of anilines is 1. The predicted octanol–water partition coefficient (Wildman–Crippen LogP) is 6.71. The highest BCUT2D eigenvalue weighted by atomic mass is 35.5. The number of carbonyl (C=O) groups is 1. The van der Waals surface area contributed by atoms with Crippen molar-refractivity contribution in [3.63, 3.8) is 0 Å². The molecule has 1 N–H and O–H groups in total. The predicted molar refractivity (Wildman–Crippen MR) is 136 cm³/mol. The number of nitrogens with zero attached hydrogens (tertiary/aromatic N) is 1. The summed E-state index contributed by atoms with van der Waals surface area (Å²) in [4.78, 5) is 12.6. The summed E-state index contributed by atoms with van der Waals surface area (Å²) in [6.45, 7) is 8.50. The van der Waals surface area contributed by atoms with Crippen LogP contribution in [-0.4, -0.2) is 13.0 Å². The zero-order valence-corrected chi connectivity index (χ0v) is 20.7. The van der Waals surface area contributed by atoms with Gasteiger partial charge in [0, 0.05) is 10.7 Å². The number of nitriles is 1. The zero-order valence-electron chi connectivity index (χ0n) is 20.0. The average Bonchev–Trinajstić information content (AvgIpc) is 2.79. The van der Waals surface area contributed by atoms with Gasteiger partial charge in [-0.25, -0.2) is 0 Å². The van der Waals surface area contributed by atoms with E-state index in [1.54, 1.807) is 43.5 Å². The second kappa shape index (κ2) is 10.9. The van der Waals surface area contributed by atoms with Gasteiger partial charge in [0.25, 0.3) is 5.91 Å². The van der Waals surface area contributed by atoms with E-state index in [1.807, 2.05) is 13.0 Å². The van der Waals surface area contributed by atoms with Gasteiger partial charge in [0.05, 0.1) is 7.11 Å². The lowest BCUT2D eigenvalue weighted by atomic mass is 10.0. The minimum Gasteiger partial charge on any atom is -0.493 e. The lowest BCUT2D eigenvalue weighted by molar-refractivity contribution is -0.112. The zero-order chi connectivity index (χ0) is 24.8. The molecule has 3 aromatic carbocycles. The van der Waals surface area contributed by atoms with Gasteiger partial charge in [-0.2, -0.15) is 5.26 Å². The molecule has 0 heterocycles. The summed E-state index contributed by atoms with van der Waals surface area (Å²) < 4.78 is 11.5. The fourth-order valence-corrected chi connectivity index (χ4v) is 3.85. The summed E-state index contributed by atoms with van der Waals surface area (Å²) in [5.41, 5.74) is 6.72. The van der Waals surface area contributed by atoms with E-state index in [0.29, 0.717) is 34.4 Å². The van der Waals surface area contributed by atoms with Crippen LogP contribution in [0.4, 0.5) is 5.69 Å². The lowest BCUT2D eigenvalue weighted by Crippen LogP contribution is -2.13. The van der Waals surface area contributed by atoms with Gasteiger partial charge in [0.15, 0.2) is 11.5 Å². The molecule has 0 saturated heterocycles. The van der Waals surface area contributed by atoms with Crippen LogP contribution in [0.2, 0.25) is 5.02 Å². The monoisotopic (exact) mass is 474 g/mol. The number of ether oxygens (including phenoxy) is 2. The molecule has 0 aliphatic carbocycles. The molecule has 3 rings (SSSR count). The molecule has 0 bridgehead atoms. The fourth-order valence-electron chi connectivity index (χ4n) is 3.67. The van der Waals surface area contributed by atoms with Crippen LogP contribution in [0.25, 0.3) is 6.08 Å². The molecule has 6 heteroatoms. The largest absolute Gasteiger partial charge is 0.493 e. The normalized spacial score (nSPS) is 11.0. The summed E-state index contributed by atoms with van der Waals surface area (Å²) in [5.74, 6) is 0.572. The molecule has 0 radical (unpaired) electrons. The van der Waals surface area contributed by atoms with Crippen LogP contribution in [0.15, 0.2) is 54.1 Å². The Morgan fingerprint density at radius 3 is 2.32 bits per heavy atom. The number of halogens is 1. The number of benzene rings is 3. The summed E-state index contributed by atoms with van der Waals surface area (Å²) in [7, 11) is 1.55. The topological polar surface area (TPSA) is 71.3 Å². The lowest BCUT2D eigenvalue weighted by Gasteiger charge is -2.15. The highest BCUT2D eigenvalue weighted by Gasteiger charge is 2.13. The molecule has 174 valence electrons. The fraction of sp³-hybridized carbons (Fsp3) is 0.214. The third-order valence-electron chi connectivity index (χ3n) is 5.51. The Labute approximate surface area is 205 Å². The molecule has 34 heavy (non-hydrogen) atoms. The van der Waals surface area contributed by atoms with Crippen molar-refractivity contribution in [3.05, 3.63) is 92.5 Å². The molecule has 0 fully saturated rings. The minimum absolute atomic E-state index is 0.0432. The van der Waals surface area contributed by atoms with E-state index in [-0.39, 0.29) is 5.57 Å². The van der Waals surface area contributed by atoms with E-state index in [4.69, 9.17) is 21.1 Å². The van der Waals surface area contributed by atoms with Gasteiger partial charge in [-0.05, 0) is 85.9 Å². The first-order valence-corrected chi connectivity index (χ1v) is 11.2. The van der Waals surface area contributed by atoms with Crippen LogP contribution < -0.4 is 14.8 Å². The van der Waals surface area contributed by atoms with Crippen molar-refractivity contribution in [1.82, 2.24) is 0 Å². The number of amides is 1. The summed E-state index contributed by atoms with van der Waals surface area (Å²) in [6, 6.07) is 16.7. The smallest absolute Gasteiger partial charge is 0.266 e. The summed E-state index contributed by atoms with van der Waals surface area (Å²) >= 11 is 6.12. The maximum absolute atomic E-state index is 12.6. The third-order valence-corrected chi connectivity index (χ3v) is 5.91. The highest BCUT2D eigenvalue weighted by molar-refractivity contribution is 6.31. The van der Waals surface area contributed by atoms with Crippen LogP contribution in [0, 0.1) is 39.0 Å². The van der Waals surface area contributed by atoms with E-state index in [1.165, 1.54) is 22.8 Å². The summed E-state index contributed by atoms with van der Waals surface area (Å²) in [5, 5.41) is 12.8. The Bertz CT molecular complexity index is 1280. The van der Waals surface area contributed by atoms with Gasteiger partial charge in [-0.15, -0.1) is 0 Å². The van der Waals surface area contributed by atoms with Gasteiger partial charge < -0.3 is 14.8 Å². The molecule has 0 atom stereocenters. The Kier molecular flexibility index (Phi) is 7.99. The van der Waals surface area contributed by atoms with Crippen LogP contribution >= 0.6 is 11.6 Å². The number of rotatable bonds is 7. The van der Waals surface area contributed by atoms with E-state index >= 15 is 0 Å². The Morgan fingerprint density at radius 2 is 1.71 bits per heavy atom. The number of aryl methyl sites for hydroxylation is 4. The molecule has 0 aliphatic heterocycles. The van der Waals surface area contributed by atoms with Gasteiger partial charge >= 0.3 is 0 Å². The Hall–Kier alpha value is -3.75. The van der Waals surface area contributed by atoms with Crippen molar-refractivity contribution in [2.45, 2.75) is 34.3 Å².